The zero-order valence-electron chi connectivity index (χ0n) is 20.9. The molecule has 194 valence electrons. The number of thioether (sulfide) groups is 1. The van der Waals surface area contributed by atoms with E-state index >= 15 is 0 Å². The lowest BCUT2D eigenvalue weighted by Gasteiger charge is -2.29. The third kappa shape index (κ3) is 4.99. The van der Waals surface area contributed by atoms with Gasteiger partial charge in [-0.1, -0.05) is 30.0 Å². The number of carbonyl (C=O) groups excluding carboxylic acids is 1. The smallest absolute Gasteiger partial charge is 0.336 e. The molecule has 11 heteroatoms. The molecule has 1 aliphatic heterocycles. The van der Waals surface area contributed by atoms with Gasteiger partial charge in [0.25, 0.3) is 5.56 Å². The van der Waals surface area contributed by atoms with Gasteiger partial charge >= 0.3 is 5.97 Å². The lowest BCUT2D eigenvalue weighted by molar-refractivity contribution is -0.136. The summed E-state index contributed by atoms with van der Waals surface area (Å²) >= 11 is 1.19. The number of fused-ring (bicyclic) bond motifs is 1. The van der Waals surface area contributed by atoms with Crippen molar-refractivity contribution in [3.63, 3.8) is 0 Å². The molecular weight excluding hydrogens is 501 g/mol. The molecule has 0 bridgehead atoms. The second kappa shape index (κ2) is 11.0. The molecule has 1 atom stereocenters. The Morgan fingerprint density at radius 2 is 1.76 bits per heavy atom. The summed E-state index contributed by atoms with van der Waals surface area (Å²) in [6, 6.07) is 9.77. The van der Waals surface area contributed by atoms with Crippen LogP contribution in [0.3, 0.4) is 0 Å². The van der Waals surface area contributed by atoms with Crippen molar-refractivity contribution in [3.8, 4) is 17.2 Å². The van der Waals surface area contributed by atoms with Crippen LogP contribution in [0.5, 0.6) is 17.2 Å². The molecule has 0 saturated heterocycles. The van der Waals surface area contributed by atoms with E-state index in [2.05, 4.69) is 15.3 Å². The van der Waals surface area contributed by atoms with Crippen molar-refractivity contribution in [2.45, 2.75) is 23.8 Å². The van der Waals surface area contributed by atoms with E-state index in [1.165, 1.54) is 46.3 Å². The maximum absolute atomic E-state index is 14.1. The average Bonchev–Trinajstić information content (AvgIpc) is 2.90. The molecule has 2 heterocycles. The zero-order valence-corrected chi connectivity index (χ0v) is 21.7. The van der Waals surface area contributed by atoms with Crippen molar-refractivity contribution in [1.82, 2.24) is 9.97 Å². The number of esters is 1. The fourth-order valence-electron chi connectivity index (χ4n) is 4.24. The predicted molar refractivity (Wildman–Crippen MR) is 137 cm³/mol. The summed E-state index contributed by atoms with van der Waals surface area (Å²) in [7, 11) is 5.72. The highest BCUT2D eigenvalue weighted by molar-refractivity contribution is 7.98. The molecule has 0 spiro atoms. The van der Waals surface area contributed by atoms with Gasteiger partial charge in [0, 0.05) is 11.4 Å². The summed E-state index contributed by atoms with van der Waals surface area (Å²) in [4.78, 5) is 33.7. The summed E-state index contributed by atoms with van der Waals surface area (Å²) in [5.74, 6) is -0.143. The number of benzene rings is 2. The van der Waals surface area contributed by atoms with Crippen LogP contribution in [-0.2, 0) is 15.3 Å². The van der Waals surface area contributed by atoms with Gasteiger partial charge in [-0.2, -0.15) is 0 Å². The summed E-state index contributed by atoms with van der Waals surface area (Å²) in [6.07, 6.45) is 0. The van der Waals surface area contributed by atoms with Crippen molar-refractivity contribution in [2.75, 3.05) is 33.8 Å². The fourth-order valence-corrected chi connectivity index (χ4v) is 5.09. The molecule has 9 nitrogen and oxygen atoms in total. The summed E-state index contributed by atoms with van der Waals surface area (Å²) in [6.45, 7) is 1.70. The fraction of sp³-hybridized carbons (Fsp3) is 0.269. The Morgan fingerprint density at radius 3 is 2.35 bits per heavy atom. The molecule has 1 aromatic heterocycles. The molecule has 2 aromatic carbocycles. The molecule has 0 radical (unpaired) electrons. The van der Waals surface area contributed by atoms with Crippen LogP contribution in [0.1, 0.15) is 29.5 Å². The number of nitrogens with zero attached hydrogens (tertiary/aromatic N) is 1. The molecule has 0 saturated carbocycles. The number of allylic oxidation sites excluding steroid dienone is 1. The summed E-state index contributed by atoms with van der Waals surface area (Å²) in [5, 5.41) is 3.37. The third-order valence-electron chi connectivity index (χ3n) is 5.97. The lowest BCUT2D eigenvalue weighted by atomic mass is 9.82. The van der Waals surface area contributed by atoms with Gasteiger partial charge in [0.05, 0.1) is 45.5 Å². The van der Waals surface area contributed by atoms with Gasteiger partial charge in [-0.25, -0.2) is 14.2 Å². The number of methoxy groups -OCH3 is 4. The van der Waals surface area contributed by atoms with E-state index in [9.17, 15) is 14.0 Å². The van der Waals surface area contributed by atoms with E-state index in [0.717, 1.165) is 0 Å². The minimum Gasteiger partial charge on any atom is -0.493 e. The number of H-pyrrole nitrogens is 1. The third-order valence-corrected chi connectivity index (χ3v) is 6.89. The number of aromatic nitrogens is 2. The Labute approximate surface area is 217 Å². The number of nitrogens with one attached hydrogen (secondary N) is 2. The van der Waals surface area contributed by atoms with E-state index in [0.29, 0.717) is 39.2 Å². The van der Waals surface area contributed by atoms with Gasteiger partial charge < -0.3 is 29.2 Å². The molecule has 3 aromatic rings. The highest BCUT2D eigenvalue weighted by Crippen LogP contribution is 2.46. The Bertz CT molecular complexity index is 1410. The standard InChI is InChI=1S/C26H26FN3O6S/c1-13-19(25(32)36-5)20(15-10-17(33-2)22(35-4)18(11-15)34-3)21-23(28-13)29-26(30-24(21)31)37-12-14-8-6-7-9-16(14)27/h6-11,20H,12H2,1-5H3,(H2,28,29,30,31). The first-order valence-corrected chi connectivity index (χ1v) is 12.2. The highest BCUT2D eigenvalue weighted by Gasteiger charge is 2.37. The number of aromatic amines is 1. The Morgan fingerprint density at radius 1 is 1.08 bits per heavy atom. The molecule has 0 aliphatic carbocycles. The van der Waals surface area contributed by atoms with Crippen LogP contribution < -0.4 is 25.1 Å². The Hall–Kier alpha value is -3.99. The number of halogens is 1. The number of hydrogen-bond acceptors (Lipinski definition) is 9. The van der Waals surface area contributed by atoms with Crippen LogP contribution in [0.2, 0.25) is 0 Å². The number of ether oxygens (including phenoxy) is 4. The summed E-state index contributed by atoms with van der Waals surface area (Å²) in [5.41, 5.74) is 1.50. The second-order valence-electron chi connectivity index (χ2n) is 8.06. The van der Waals surface area contributed by atoms with Gasteiger partial charge in [-0.15, -0.1) is 0 Å². The number of carbonyl (C=O) groups is 1. The maximum atomic E-state index is 14.1. The first-order valence-electron chi connectivity index (χ1n) is 11.2. The van der Waals surface area contributed by atoms with Crippen molar-refractivity contribution < 1.29 is 28.1 Å². The average molecular weight is 528 g/mol. The van der Waals surface area contributed by atoms with Crippen molar-refractivity contribution >= 4 is 23.5 Å². The highest BCUT2D eigenvalue weighted by atomic mass is 32.2. The molecule has 0 fully saturated rings. The molecule has 4 rings (SSSR count). The Balaban J connectivity index is 1.85. The minimum atomic E-state index is -0.848. The predicted octanol–water partition coefficient (Wildman–Crippen LogP) is 4.23. The molecular formula is C26H26FN3O6S. The number of anilines is 1. The number of hydrogen-bond donors (Lipinski definition) is 2. The van der Waals surface area contributed by atoms with Crippen LogP contribution in [0.25, 0.3) is 0 Å². The topological polar surface area (TPSA) is 112 Å². The molecule has 0 amide bonds. The van der Waals surface area contributed by atoms with Crippen LogP contribution in [0, 0.1) is 5.82 Å². The van der Waals surface area contributed by atoms with Gasteiger partial charge in [-0.3, -0.25) is 4.79 Å². The van der Waals surface area contributed by atoms with Gasteiger partial charge in [0.1, 0.15) is 11.6 Å². The van der Waals surface area contributed by atoms with Gasteiger partial charge in [-0.05, 0) is 36.2 Å². The van der Waals surface area contributed by atoms with E-state index in [1.807, 2.05) is 0 Å². The SMILES string of the molecule is COC(=O)C1=C(C)Nc2nc(SCc3ccccc3F)[nH]c(=O)c2C1c1cc(OC)c(OC)c(OC)c1. The number of rotatable bonds is 8. The van der Waals surface area contributed by atoms with Gasteiger partial charge in [0.2, 0.25) is 5.75 Å². The van der Waals surface area contributed by atoms with Gasteiger partial charge in [0.15, 0.2) is 16.7 Å². The van der Waals surface area contributed by atoms with Crippen molar-refractivity contribution in [1.29, 1.82) is 0 Å². The second-order valence-corrected chi connectivity index (χ2v) is 9.02. The van der Waals surface area contributed by atoms with E-state index < -0.39 is 17.4 Å². The van der Waals surface area contributed by atoms with E-state index in [1.54, 1.807) is 37.3 Å². The van der Waals surface area contributed by atoms with Crippen LogP contribution in [-0.4, -0.2) is 44.4 Å². The minimum absolute atomic E-state index is 0.218. The Kier molecular flexibility index (Phi) is 7.72. The van der Waals surface area contributed by atoms with Crippen LogP contribution in [0.15, 0.2) is 57.6 Å². The quantitative estimate of drug-likeness (QED) is 0.252. The van der Waals surface area contributed by atoms with E-state index in [4.69, 9.17) is 18.9 Å². The van der Waals surface area contributed by atoms with E-state index in [-0.39, 0.29) is 28.5 Å². The van der Waals surface area contributed by atoms with Crippen LogP contribution >= 0.6 is 11.8 Å². The molecule has 37 heavy (non-hydrogen) atoms. The first-order chi connectivity index (χ1) is 17.8. The van der Waals surface area contributed by atoms with Crippen molar-refractivity contribution in [3.05, 3.63) is 80.5 Å². The molecule has 2 N–H and O–H groups in total. The first kappa shape index (κ1) is 26.1. The molecule has 1 unspecified atom stereocenters. The van der Waals surface area contributed by atoms with Crippen LogP contribution in [0.4, 0.5) is 10.2 Å². The largest absolute Gasteiger partial charge is 0.493 e. The maximum Gasteiger partial charge on any atom is 0.336 e. The normalized spacial score (nSPS) is 14.5. The molecule has 1 aliphatic rings. The van der Waals surface area contributed by atoms with Crippen molar-refractivity contribution in [2.24, 2.45) is 0 Å². The summed E-state index contributed by atoms with van der Waals surface area (Å²) < 4.78 is 35.5. The monoisotopic (exact) mass is 527 g/mol. The zero-order chi connectivity index (χ0) is 26.7. The lowest BCUT2D eigenvalue weighted by Crippen LogP contribution is -2.31.